The van der Waals surface area contributed by atoms with Crippen molar-refractivity contribution in [2.24, 2.45) is 7.05 Å². The molecule has 7 heteroatoms. The number of aromatic nitrogens is 2. The molecule has 0 radical (unpaired) electrons. The maximum atomic E-state index is 12.6. The van der Waals surface area contributed by atoms with Crippen molar-refractivity contribution in [3.8, 4) is 0 Å². The summed E-state index contributed by atoms with van der Waals surface area (Å²) in [7, 11) is 5.10. The molecule has 0 aliphatic heterocycles. The first-order chi connectivity index (χ1) is 11.3. The number of nitrogens with one attached hydrogen (secondary N) is 1. The third-order valence-corrected chi connectivity index (χ3v) is 4.31. The number of benzene rings is 1. The molecule has 24 heavy (non-hydrogen) atoms. The highest BCUT2D eigenvalue weighted by Gasteiger charge is 2.24. The van der Waals surface area contributed by atoms with Crippen molar-refractivity contribution in [2.75, 3.05) is 14.1 Å². The lowest BCUT2D eigenvalue weighted by Gasteiger charge is -2.20. The van der Waals surface area contributed by atoms with Crippen LogP contribution in [-0.2, 0) is 11.8 Å². The van der Waals surface area contributed by atoms with Crippen molar-refractivity contribution in [3.63, 3.8) is 0 Å². The number of carbonyl (C=O) groups excluding carboxylic acids is 2. The fraction of sp³-hybridized carbons (Fsp3) is 0.353. The second kappa shape index (κ2) is 7.49. The fourth-order valence-electron chi connectivity index (χ4n) is 2.25. The van der Waals surface area contributed by atoms with Gasteiger partial charge in [-0.25, -0.2) is 0 Å². The van der Waals surface area contributed by atoms with Crippen LogP contribution >= 0.6 is 11.6 Å². The molecule has 1 aromatic heterocycles. The molecule has 0 spiro atoms. The summed E-state index contributed by atoms with van der Waals surface area (Å²) in [5.41, 5.74) is 1.72. The van der Waals surface area contributed by atoms with E-state index >= 15 is 0 Å². The molecule has 0 saturated carbocycles. The number of aryl methyl sites for hydroxylation is 1. The second-order valence-corrected chi connectivity index (χ2v) is 6.18. The van der Waals surface area contributed by atoms with Gasteiger partial charge in [0.1, 0.15) is 0 Å². The van der Waals surface area contributed by atoms with Crippen LogP contribution < -0.4 is 5.32 Å². The van der Waals surface area contributed by atoms with Gasteiger partial charge in [-0.15, -0.1) is 0 Å². The van der Waals surface area contributed by atoms with Crippen LogP contribution in [0.2, 0.25) is 5.02 Å². The van der Waals surface area contributed by atoms with Gasteiger partial charge in [-0.1, -0.05) is 41.9 Å². The van der Waals surface area contributed by atoms with Crippen molar-refractivity contribution in [1.82, 2.24) is 20.0 Å². The van der Waals surface area contributed by atoms with E-state index in [1.807, 2.05) is 30.3 Å². The minimum absolute atomic E-state index is 0.0764. The molecule has 1 N–H and O–H groups in total. The summed E-state index contributed by atoms with van der Waals surface area (Å²) in [6.45, 7) is 1.79. The van der Waals surface area contributed by atoms with Gasteiger partial charge < -0.3 is 10.2 Å². The average molecular weight is 349 g/mol. The molecular formula is C17H21ClN4O2. The third kappa shape index (κ3) is 3.94. The van der Waals surface area contributed by atoms with Gasteiger partial charge >= 0.3 is 0 Å². The van der Waals surface area contributed by atoms with Crippen LogP contribution in [0.1, 0.15) is 34.2 Å². The molecule has 0 aliphatic carbocycles. The van der Waals surface area contributed by atoms with Gasteiger partial charge in [0.25, 0.3) is 5.91 Å². The molecule has 1 unspecified atom stereocenters. The number of rotatable bonds is 5. The summed E-state index contributed by atoms with van der Waals surface area (Å²) in [6, 6.07) is 8.92. The first-order valence-electron chi connectivity index (χ1n) is 7.56. The van der Waals surface area contributed by atoms with Crippen molar-refractivity contribution in [2.45, 2.75) is 19.4 Å². The Morgan fingerprint density at radius 3 is 2.42 bits per heavy atom. The Bertz CT molecular complexity index is 741. The van der Waals surface area contributed by atoms with Crippen molar-refractivity contribution >= 4 is 23.4 Å². The Hall–Kier alpha value is -2.34. The Balaban J connectivity index is 2.26. The molecule has 0 aliphatic rings. The van der Waals surface area contributed by atoms with E-state index in [0.717, 1.165) is 5.56 Å². The van der Waals surface area contributed by atoms with Crippen molar-refractivity contribution in [1.29, 1.82) is 0 Å². The second-order valence-electron chi connectivity index (χ2n) is 5.80. The third-order valence-electron chi connectivity index (χ3n) is 3.86. The highest BCUT2D eigenvalue weighted by Crippen LogP contribution is 2.22. The zero-order valence-corrected chi connectivity index (χ0v) is 15.0. The van der Waals surface area contributed by atoms with Crippen molar-refractivity contribution < 1.29 is 9.59 Å². The lowest BCUT2D eigenvalue weighted by Crippen LogP contribution is -2.33. The largest absolute Gasteiger partial charge is 0.349 e. The monoisotopic (exact) mass is 348 g/mol. The first-order valence-corrected chi connectivity index (χ1v) is 7.94. The lowest BCUT2D eigenvalue weighted by molar-refractivity contribution is -0.129. The molecule has 0 saturated heterocycles. The average Bonchev–Trinajstić information content (AvgIpc) is 2.82. The Kier molecular flexibility index (Phi) is 5.62. The number of carbonyl (C=O) groups is 2. The van der Waals surface area contributed by atoms with Gasteiger partial charge in [0.2, 0.25) is 5.91 Å². The van der Waals surface area contributed by atoms with E-state index in [4.69, 9.17) is 11.6 Å². The topological polar surface area (TPSA) is 67.2 Å². The van der Waals surface area contributed by atoms with Crippen LogP contribution in [0.4, 0.5) is 0 Å². The van der Waals surface area contributed by atoms with Crippen LogP contribution in [0.3, 0.4) is 0 Å². The molecule has 1 atom stereocenters. The summed E-state index contributed by atoms with van der Waals surface area (Å²) in [5.74, 6) is -0.475. The Morgan fingerprint density at radius 2 is 1.92 bits per heavy atom. The predicted octanol–water partition coefficient (Wildman–Crippen LogP) is 2.33. The molecule has 2 aromatic rings. The van der Waals surface area contributed by atoms with E-state index in [1.165, 1.54) is 4.90 Å². The number of halogens is 1. The smallest absolute Gasteiger partial charge is 0.273 e. The van der Waals surface area contributed by atoms with E-state index in [2.05, 4.69) is 10.4 Å². The number of nitrogens with zero attached hydrogens (tertiary/aromatic N) is 3. The Morgan fingerprint density at radius 1 is 1.29 bits per heavy atom. The summed E-state index contributed by atoms with van der Waals surface area (Å²) in [5, 5.41) is 7.34. The normalized spacial score (nSPS) is 11.9. The van der Waals surface area contributed by atoms with Crippen LogP contribution in [0.15, 0.2) is 30.3 Å². The van der Waals surface area contributed by atoms with Crippen LogP contribution in [0.25, 0.3) is 0 Å². The summed E-state index contributed by atoms with van der Waals surface area (Å²) in [4.78, 5) is 26.2. The van der Waals surface area contributed by atoms with Gasteiger partial charge in [0.05, 0.1) is 23.2 Å². The molecule has 2 rings (SSSR count). The summed E-state index contributed by atoms with van der Waals surface area (Å²) < 4.78 is 1.56. The highest BCUT2D eigenvalue weighted by atomic mass is 35.5. The minimum atomic E-state index is -0.452. The maximum Gasteiger partial charge on any atom is 0.273 e. The van der Waals surface area contributed by atoms with Crippen LogP contribution in [0.5, 0.6) is 0 Å². The van der Waals surface area contributed by atoms with Gasteiger partial charge in [0.15, 0.2) is 5.69 Å². The minimum Gasteiger partial charge on any atom is -0.349 e. The van der Waals surface area contributed by atoms with Crippen LogP contribution in [0, 0.1) is 6.92 Å². The summed E-state index contributed by atoms with van der Waals surface area (Å²) in [6.07, 6.45) is 0.159. The zero-order chi connectivity index (χ0) is 17.9. The standard InChI is InChI=1S/C17H21ClN4O2/c1-11-15(18)16(20-22(11)4)17(24)19-13(10-14(23)21(2)3)12-8-6-5-7-9-12/h5-9,13H,10H2,1-4H3,(H,19,24). The van der Waals surface area contributed by atoms with Crippen LogP contribution in [-0.4, -0.2) is 40.6 Å². The first kappa shape index (κ1) is 18.0. The molecule has 0 fully saturated rings. The maximum absolute atomic E-state index is 12.6. The molecule has 0 bridgehead atoms. The van der Waals surface area contributed by atoms with E-state index in [-0.39, 0.29) is 18.0 Å². The van der Waals surface area contributed by atoms with E-state index < -0.39 is 11.9 Å². The molecular weight excluding hydrogens is 328 g/mol. The fourth-order valence-corrected chi connectivity index (χ4v) is 2.49. The highest BCUT2D eigenvalue weighted by molar-refractivity contribution is 6.34. The van der Waals surface area contributed by atoms with Gasteiger partial charge in [-0.05, 0) is 12.5 Å². The quantitative estimate of drug-likeness (QED) is 0.901. The van der Waals surface area contributed by atoms with E-state index in [0.29, 0.717) is 10.7 Å². The number of hydrogen-bond acceptors (Lipinski definition) is 3. The van der Waals surface area contributed by atoms with Gasteiger partial charge in [-0.3, -0.25) is 14.3 Å². The van der Waals surface area contributed by atoms with Gasteiger partial charge in [-0.2, -0.15) is 5.10 Å². The predicted molar refractivity (Wildman–Crippen MR) is 92.9 cm³/mol. The Labute approximate surface area is 146 Å². The van der Waals surface area contributed by atoms with Gasteiger partial charge in [0, 0.05) is 21.1 Å². The molecule has 2 amide bonds. The zero-order valence-electron chi connectivity index (χ0n) is 14.2. The molecule has 128 valence electrons. The van der Waals surface area contributed by atoms with E-state index in [9.17, 15) is 9.59 Å². The van der Waals surface area contributed by atoms with E-state index in [1.54, 1.807) is 32.7 Å². The molecule has 1 heterocycles. The number of hydrogen-bond donors (Lipinski definition) is 1. The molecule has 1 aromatic carbocycles. The lowest BCUT2D eigenvalue weighted by atomic mass is 10.0. The van der Waals surface area contributed by atoms with Crippen molar-refractivity contribution in [3.05, 3.63) is 52.3 Å². The number of amides is 2. The molecule has 6 nitrogen and oxygen atoms in total. The summed E-state index contributed by atoms with van der Waals surface area (Å²) >= 11 is 6.18. The SMILES string of the molecule is Cc1c(Cl)c(C(=O)NC(CC(=O)N(C)C)c2ccccc2)nn1C.